The van der Waals surface area contributed by atoms with Crippen molar-refractivity contribution in [2.24, 2.45) is 5.92 Å². The van der Waals surface area contributed by atoms with Crippen LogP contribution in [0.2, 0.25) is 0 Å². The van der Waals surface area contributed by atoms with Gasteiger partial charge in [-0.2, -0.15) is 13.2 Å². The van der Waals surface area contributed by atoms with Crippen LogP contribution in [0.5, 0.6) is 0 Å². The minimum atomic E-state index is -4.42. The highest BCUT2D eigenvalue weighted by Gasteiger charge is 2.34. The molecule has 0 bridgehead atoms. The summed E-state index contributed by atoms with van der Waals surface area (Å²) in [7, 11) is 0. The molecule has 2 aromatic rings. The van der Waals surface area contributed by atoms with E-state index in [-0.39, 0.29) is 23.9 Å². The van der Waals surface area contributed by atoms with Crippen LogP contribution in [0.1, 0.15) is 17.5 Å². The number of amides is 2. The van der Waals surface area contributed by atoms with Crippen molar-refractivity contribution in [1.82, 2.24) is 4.90 Å². The Bertz CT molecular complexity index is 789. The van der Waals surface area contributed by atoms with Crippen LogP contribution in [0.15, 0.2) is 54.6 Å². The monoisotopic (exact) mass is 362 g/mol. The highest BCUT2D eigenvalue weighted by Crippen LogP contribution is 2.30. The van der Waals surface area contributed by atoms with Crippen LogP contribution in [0.4, 0.5) is 18.9 Å². The van der Waals surface area contributed by atoms with Gasteiger partial charge in [0.05, 0.1) is 11.5 Å². The van der Waals surface area contributed by atoms with Crippen LogP contribution >= 0.6 is 0 Å². The average Bonchev–Trinajstić information content (AvgIpc) is 2.96. The third-order valence-electron chi connectivity index (χ3n) is 4.28. The number of rotatable bonds is 4. The van der Waals surface area contributed by atoms with Crippen molar-refractivity contribution >= 4 is 17.5 Å². The minimum Gasteiger partial charge on any atom is -0.338 e. The topological polar surface area (TPSA) is 49.4 Å². The van der Waals surface area contributed by atoms with E-state index in [0.29, 0.717) is 13.1 Å². The Hall–Kier alpha value is -2.83. The molecule has 1 saturated heterocycles. The van der Waals surface area contributed by atoms with Crippen LogP contribution < -0.4 is 5.32 Å². The van der Waals surface area contributed by atoms with Gasteiger partial charge < -0.3 is 10.2 Å². The molecule has 4 nitrogen and oxygen atoms in total. The third-order valence-corrected chi connectivity index (χ3v) is 4.28. The molecule has 0 radical (unpaired) electrons. The Morgan fingerprint density at radius 1 is 1.08 bits per heavy atom. The molecule has 0 saturated carbocycles. The number of alkyl halides is 3. The largest absolute Gasteiger partial charge is 0.416 e. The SMILES string of the molecule is O=C(Nc1ccc(C(F)(F)F)cc1)[C@@H]1CC(=O)N(Cc2ccccc2)C1. The molecule has 2 amide bonds. The van der Waals surface area contributed by atoms with E-state index in [1.54, 1.807) is 4.90 Å². The molecule has 3 rings (SSSR count). The summed E-state index contributed by atoms with van der Waals surface area (Å²) in [5, 5.41) is 2.58. The van der Waals surface area contributed by atoms with Crippen molar-refractivity contribution in [3.63, 3.8) is 0 Å². The second kappa shape index (κ2) is 7.19. The molecule has 1 N–H and O–H groups in total. The summed E-state index contributed by atoms with van der Waals surface area (Å²) in [4.78, 5) is 26.1. The number of likely N-dealkylation sites (tertiary alicyclic amines) is 1. The zero-order valence-corrected chi connectivity index (χ0v) is 13.8. The van der Waals surface area contributed by atoms with E-state index in [2.05, 4.69) is 5.32 Å². The lowest BCUT2D eigenvalue weighted by Gasteiger charge is -2.16. The fourth-order valence-electron chi connectivity index (χ4n) is 2.89. The normalized spacial score (nSPS) is 17.4. The van der Waals surface area contributed by atoms with E-state index < -0.39 is 17.7 Å². The molecule has 26 heavy (non-hydrogen) atoms. The summed E-state index contributed by atoms with van der Waals surface area (Å²) in [6.45, 7) is 0.726. The van der Waals surface area contributed by atoms with E-state index in [9.17, 15) is 22.8 Å². The Labute approximate surface area is 148 Å². The van der Waals surface area contributed by atoms with Crippen molar-refractivity contribution in [2.45, 2.75) is 19.1 Å². The highest BCUT2D eigenvalue weighted by molar-refractivity contribution is 5.97. The van der Waals surface area contributed by atoms with Gasteiger partial charge in [-0.05, 0) is 29.8 Å². The van der Waals surface area contributed by atoms with Crippen LogP contribution in [-0.4, -0.2) is 23.3 Å². The van der Waals surface area contributed by atoms with Gasteiger partial charge in [-0.3, -0.25) is 9.59 Å². The first-order valence-electron chi connectivity index (χ1n) is 8.13. The van der Waals surface area contributed by atoms with Gasteiger partial charge in [0.1, 0.15) is 0 Å². The zero-order valence-electron chi connectivity index (χ0n) is 13.8. The number of nitrogens with one attached hydrogen (secondary N) is 1. The molecule has 0 aromatic heterocycles. The number of carbonyl (C=O) groups is 2. The number of hydrogen-bond donors (Lipinski definition) is 1. The second-order valence-corrected chi connectivity index (χ2v) is 6.23. The molecule has 1 aliphatic rings. The van der Waals surface area contributed by atoms with Gasteiger partial charge in [0.2, 0.25) is 11.8 Å². The molecule has 7 heteroatoms. The lowest BCUT2D eigenvalue weighted by atomic mass is 10.1. The fraction of sp³-hybridized carbons (Fsp3) is 0.263. The first-order chi connectivity index (χ1) is 12.3. The molecule has 0 aliphatic carbocycles. The van der Waals surface area contributed by atoms with E-state index in [1.165, 1.54) is 12.1 Å². The summed E-state index contributed by atoms with van der Waals surface area (Å²) in [6, 6.07) is 13.7. The molecule has 136 valence electrons. The lowest BCUT2D eigenvalue weighted by Crippen LogP contribution is -2.28. The van der Waals surface area contributed by atoms with Crippen LogP contribution in [-0.2, 0) is 22.3 Å². The Morgan fingerprint density at radius 2 is 1.73 bits per heavy atom. The van der Waals surface area contributed by atoms with Crippen molar-refractivity contribution in [1.29, 1.82) is 0 Å². The Balaban J connectivity index is 1.59. The van der Waals surface area contributed by atoms with Crippen molar-refractivity contribution in [3.05, 3.63) is 65.7 Å². The maximum absolute atomic E-state index is 12.6. The van der Waals surface area contributed by atoms with Crippen LogP contribution in [0.3, 0.4) is 0 Å². The van der Waals surface area contributed by atoms with Gasteiger partial charge in [0, 0.05) is 25.2 Å². The number of carbonyl (C=O) groups excluding carboxylic acids is 2. The lowest BCUT2D eigenvalue weighted by molar-refractivity contribution is -0.137. The molecule has 1 heterocycles. The van der Waals surface area contributed by atoms with E-state index in [0.717, 1.165) is 17.7 Å². The van der Waals surface area contributed by atoms with Gasteiger partial charge in [0.15, 0.2) is 0 Å². The second-order valence-electron chi connectivity index (χ2n) is 6.23. The summed E-state index contributed by atoms with van der Waals surface area (Å²) in [6.07, 6.45) is -4.32. The summed E-state index contributed by atoms with van der Waals surface area (Å²) in [5.41, 5.74) is 0.474. The molecule has 0 spiro atoms. The van der Waals surface area contributed by atoms with E-state index in [4.69, 9.17) is 0 Å². The predicted molar refractivity (Wildman–Crippen MR) is 90.0 cm³/mol. The number of anilines is 1. The fourth-order valence-corrected chi connectivity index (χ4v) is 2.89. The quantitative estimate of drug-likeness (QED) is 0.902. The molecule has 1 atom stereocenters. The first kappa shape index (κ1) is 18.0. The van der Waals surface area contributed by atoms with Crippen molar-refractivity contribution in [3.8, 4) is 0 Å². The highest BCUT2D eigenvalue weighted by atomic mass is 19.4. The number of nitrogens with zero attached hydrogens (tertiary/aromatic N) is 1. The molecular weight excluding hydrogens is 345 g/mol. The Kier molecular flexibility index (Phi) is 4.97. The zero-order chi connectivity index (χ0) is 18.7. The summed E-state index contributed by atoms with van der Waals surface area (Å²) in [5.74, 6) is -0.997. The standard InChI is InChI=1S/C19H17F3N2O2/c20-19(21,22)15-6-8-16(9-7-15)23-18(26)14-10-17(25)24(12-14)11-13-4-2-1-3-5-13/h1-9,14H,10-12H2,(H,23,26)/t14-/m1/s1. The van der Waals surface area contributed by atoms with Gasteiger partial charge in [-0.1, -0.05) is 30.3 Å². The van der Waals surface area contributed by atoms with E-state index in [1.807, 2.05) is 30.3 Å². The van der Waals surface area contributed by atoms with Gasteiger partial charge in [-0.25, -0.2) is 0 Å². The smallest absolute Gasteiger partial charge is 0.338 e. The minimum absolute atomic E-state index is 0.0965. The maximum Gasteiger partial charge on any atom is 0.416 e. The number of halogens is 3. The molecule has 1 fully saturated rings. The van der Waals surface area contributed by atoms with Gasteiger partial charge in [-0.15, -0.1) is 0 Å². The van der Waals surface area contributed by atoms with Gasteiger partial charge in [0.25, 0.3) is 0 Å². The molecular formula is C19H17F3N2O2. The van der Waals surface area contributed by atoms with Crippen molar-refractivity contribution in [2.75, 3.05) is 11.9 Å². The Morgan fingerprint density at radius 3 is 2.35 bits per heavy atom. The van der Waals surface area contributed by atoms with E-state index >= 15 is 0 Å². The maximum atomic E-state index is 12.6. The number of benzene rings is 2. The average molecular weight is 362 g/mol. The molecule has 1 aliphatic heterocycles. The third kappa shape index (κ3) is 4.22. The van der Waals surface area contributed by atoms with Crippen LogP contribution in [0, 0.1) is 5.92 Å². The summed E-state index contributed by atoms with van der Waals surface area (Å²) < 4.78 is 37.7. The first-order valence-corrected chi connectivity index (χ1v) is 8.13. The molecule has 0 unspecified atom stereocenters. The number of hydrogen-bond acceptors (Lipinski definition) is 2. The van der Waals surface area contributed by atoms with Crippen LogP contribution in [0.25, 0.3) is 0 Å². The molecule has 2 aromatic carbocycles. The van der Waals surface area contributed by atoms with Crippen molar-refractivity contribution < 1.29 is 22.8 Å². The summed E-state index contributed by atoms with van der Waals surface area (Å²) >= 11 is 0. The van der Waals surface area contributed by atoms with Gasteiger partial charge >= 0.3 is 6.18 Å². The predicted octanol–water partition coefficient (Wildman–Crippen LogP) is 3.69.